The van der Waals surface area contributed by atoms with Gasteiger partial charge < -0.3 is 0 Å². The van der Waals surface area contributed by atoms with E-state index in [0.717, 1.165) is 53.0 Å². The Hall–Kier alpha value is -3.02. The SMILES string of the molecule is CC(c1ccc2ccccc2c1)(c1cc(-c2ccc(S)cc2)ccc1S)c1cc(-c2ccc(S)cc2)ccc1S. The maximum absolute atomic E-state index is 5.04. The van der Waals surface area contributed by atoms with E-state index in [0.29, 0.717) is 0 Å². The number of thiol groups is 4. The van der Waals surface area contributed by atoms with E-state index in [-0.39, 0.29) is 0 Å². The minimum atomic E-state index is -0.544. The minimum Gasteiger partial charge on any atom is -0.143 e. The van der Waals surface area contributed by atoms with Crippen LogP contribution in [0.15, 0.2) is 147 Å². The highest BCUT2D eigenvalue weighted by Crippen LogP contribution is 2.46. The maximum atomic E-state index is 5.04. The van der Waals surface area contributed by atoms with Crippen molar-refractivity contribution in [2.24, 2.45) is 0 Å². The van der Waals surface area contributed by atoms with Gasteiger partial charge in [0.2, 0.25) is 0 Å². The molecule has 0 nitrogen and oxygen atoms in total. The van der Waals surface area contributed by atoms with Crippen molar-refractivity contribution < 1.29 is 0 Å². The Balaban J connectivity index is 1.62. The largest absolute Gasteiger partial charge is 0.143 e. The molecule has 6 aromatic rings. The maximum Gasteiger partial charge on any atom is 0.0445 e. The Morgan fingerprint density at radius 3 is 1.38 bits per heavy atom. The fraction of sp³-hybridized carbons (Fsp3) is 0.0556. The summed E-state index contributed by atoms with van der Waals surface area (Å²) in [6.07, 6.45) is 0. The van der Waals surface area contributed by atoms with Crippen LogP contribution >= 0.6 is 50.5 Å². The van der Waals surface area contributed by atoms with Gasteiger partial charge in [-0.3, -0.25) is 0 Å². The van der Waals surface area contributed by atoms with Crippen LogP contribution in [0.4, 0.5) is 0 Å². The van der Waals surface area contributed by atoms with E-state index >= 15 is 0 Å². The zero-order valence-electron chi connectivity index (χ0n) is 21.9. The average molecular weight is 589 g/mol. The first kappa shape index (κ1) is 27.2. The molecule has 0 spiro atoms. The highest BCUT2D eigenvalue weighted by molar-refractivity contribution is 7.80. The number of hydrogen-bond acceptors (Lipinski definition) is 4. The lowest BCUT2D eigenvalue weighted by molar-refractivity contribution is 0.665. The molecule has 0 saturated heterocycles. The second-order valence-electron chi connectivity index (χ2n) is 10.2. The topological polar surface area (TPSA) is 0 Å². The van der Waals surface area contributed by atoms with Crippen molar-refractivity contribution in [2.45, 2.75) is 31.9 Å². The lowest BCUT2D eigenvalue weighted by atomic mass is 9.69. The van der Waals surface area contributed by atoms with Crippen molar-refractivity contribution in [3.8, 4) is 22.3 Å². The van der Waals surface area contributed by atoms with Gasteiger partial charge in [0.05, 0.1) is 0 Å². The first-order valence-electron chi connectivity index (χ1n) is 13.1. The van der Waals surface area contributed by atoms with Gasteiger partial charge in [0.1, 0.15) is 0 Å². The molecular formula is C36H28S4. The number of hydrogen-bond donors (Lipinski definition) is 4. The zero-order chi connectivity index (χ0) is 27.9. The molecule has 40 heavy (non-hydrogen) atoms. The predicted molar refractivity (Wildman–Crippen MR) is 182 cm³/mol. The first-order valence-corrected chi connectivity index (χ1v) is 14.9. The fourth-order valence-corrected chi connectivity index (χ4v) is 6.52. The van der Waals surface area contributed by atoms with Crippen molar-refractivity contribution in [2.75, 3.05) is 0 Å². The van der Waals surface area contributed by atoms with Crippen molar-refractivity contribution in [3.05, 3.63) is 144 Å². The van der Waals surface area contributed by atoms with Crippen LogP contribution in [0.3, 0.4) is 0 Å². The molecule has 0 radical (unpaired) electrons. The normalized spacial score (nSPS) is 11.6. The summed E-state index contributed by atoms with van der Waals surface area (Å²) in [5, 5.41) is 2.42. The summed E-state index contributed by atoms with van der Waals surface area (Å²) in [6.45, 7) is 2.29. The van der Waals surface area contributed by atoms with Gasteiger partial charge in [0.25, 0.3) is 0 Å². The van der Waals surface area contributed by atoms with E-state index in [4.69, 9.17) is 25.3 Å². The van der Waals surface area contributed by atoms with E-state index in [1.54, 1.807) is 0 Å². The average Bonchev–Trinajstić information content (AvgIpc) is 2.98. The lowest BCUT2D eigenvalue weighted by Crippen LogP contribution is -2.27. The lowest BCUT2D eigenvalue weighted by Gasteiger charge is -2.35. The third-order valence-electron chi connectivity index (χ3n) is 7.80. The Kier molecular flexibility index (Phi) is 7.54. The van der Waals surface area contributed by atoms with E-state index in [1.165, 1.54) is 16.3 Å². The third kappa shape index (κ3) is 5.10. The second kappa shape index (κ2) is 11.1. The molecule has 0 aromatic heterocycles. The minimum absolute atomic E-state index is 0.544. The van der Waals surface area contributed by atoms with Crippen LogP contribution in [-0.4, -0.2) is 0 Å². The van der Waals surface area contributed by atoms with Crippen LogP contribution in [-0.2, 0) is 5.41 Å². The third-order valence-corrected chi connectivity index (χ3v) is 9.17. The standard InChI is InChI=1S/C36H28S4/c1-36(29-13-6-23-4-2-3-5-26(23)20-29,32-21-27(11-18-34(32)39)24-7-14-30(37)15-8-24)33-22-28(12-19-35(33)40)25-9-16-31(38)17-10-25/h2-22,37-40H,1H3. The molecule has 0 amide bonds. The zero-order valence-corrected chi connectivity index (χ0v) is 25.5. The van der Waals surface area contributed by atoms with Crippen molar-refractivity contribution in [1.82, 2.24) is 0 Å². The quantitative estimate of drug-likeness (QED) is 0.112. The van der Waals surface area contributed by atoms with Gasteiger partial charge in [0.15, 0.2) is 0 Å². The molecule has 6 rings (SSSR count). The van der Waals surface area contributed by atoms with Crippen LogP contribution in [0.2, 0.25) is 0 Å². The Morgan fingerprint density at radius 1 is 0.425 bits per heavy atom. The van der Waals surface area contributed by atoms with E-state index in [1.807, 2.05) is 24.3 Å². The van der Waals surface area contributed by atoms with Gasteiger partial charge in [-0.05, 0) is 111 Å². The molecule has 0 N–H and O–H groups in total. The molecule has 0 aliphatic rings. The number of fused-ring (bicyclic) bond motifs is 1. The Morgan fingerprint density at radius 2 is 0.875 bits per heavy atom. The molecule has 196 valence electrons. The van der Waals surface area contributed by atoms with Crippen molar-refractivity contribution in [1.29, 1.82) is 0 Å². The van der Waals surface area contributed by atoms with Gasteiger partial charge in [-0.2, -0.15) is 0 Å². The molecule has 0 aliphatic carbocycles. The molecule has 4 heteroatoms. The summed E-state index contributed by atoms with van der Waals surface area (Å²) in [5.74, 6) is 0. The predicted octanol–water partition coefficient (Wildman–Crippen LogP) is 10.7. The van der Waals surface area contributed by atoms with Crippen molar-refractivity contribution in [3.63, 3.8) is 0 Å². The molecule has 0 atom stereocenters. The molecule has 0 aliphatic heterocycles. The molecular weight excluding hydrogens is 561 g/mol. The second-order valence-corrected chi connectivity index (χ2v) is 12.2. The molecule has 6 aromatic carbocycles. The van der Waals surface area contributed by atoms with E-state index in [2.05, 4.69) is 135 Å². The van der Waals surface area contributed by atoms with Crippen LogP contribution in [0.1, 0.15) is 23.6 Å². The summed E-state index contributed by atoms with van der Waals surface area (Å²) < 4.78 is 0. The summed E-state index contributed by atoms with van der Waals surface area (Å²) >= 11 is 19.0. The van der Waals surface area contributed by atoms with Gasteiger partial charge in [0, 0.05) is 25.0 Å². The Labute approximate surface area is 258 Å². The molecule has 0 saturated carbocycles. The van der Waals surface area contributed by atoms with Crippen LogP contribution in [0, 0.1) is 0 Å². The Bertz CT molecular complexity index is 1740. The smallest absolute Gasteiger partial charge is 0.0445 e. The van der Waals surface area contributed by atoms with Gasteiger partial charge in [-0.15, -0.1) is 50.5 Å². The fourth-order valence-electron chi connectivity index (χ4n) is 5.50. The number of benzene rings is 6. The van der Waals surface area contributed by atoms with E-state index in [9.17, 15) is 0 Å². The van der Waals surface area contributed by atoms with Gasteiger partial charge >= 0.3 is 0 Å². The van der Waals surface area contributed by atoms with Gasteiger partial charge in [-0.25, -0.2) is 0 Å². The molecule has 0 bridgehead atoms. The summed E-state index contributed by atoms with van der Waals surface area (Å²) in [7, 11) is 0. The van der Waals surface area contributed by atoms with Crippen LogP contribution in [0.5, 0.6) is 0 Å². The summed E-state index contributed by atoms with van der Waals surface area (Å²) in [4.78, 5) is 3.75. The van der Waals surface area contributed by atoms with E-state index < -0.39 is 5.41 Å². The van der Waals surface area contributed by atoms with Crippen LogP contribution < -0.4 is 0 Å². The molecule has 0 heterocycles. The number of rotatable bonds is 5. The summed E-state index contributed by atoms with van der Waals surface area (Å²) in [5.41, 5.74) is 7.43. The van der Waals surface area contributed by atoms with Crippen molar-refractivity contribution >= 4 is 61.3 Å². The molecule has 0 unspecified atom stereocenters. The molecule has 0 fully saturated rings. The monoisotopic (exact) mass is 588 g/mol. The first-order chi connectivity index (χ1) is 19.3. The van der Waals surface area contributed by atoms with Gasteiger partial charge in [-0.1, -0.05) is 72.8 Å². The highest BCUT2D eigenvalue weighted by Gasteiger charge is 2.35. The highest BCUT2D eigenvalue weighted by atomic mass is 32.1. The van der Waals surface area contributed by atoms with Crippen LogP contribution in [0.25, 0.3) is 33.0 Å². The summed E-state index contributed by atoms with van der Waals surface area (Å²) in [6, 6.07) is 44.9.